The fourth-order valence-corrected chi connectivity index (χ4v) is 1.31. The molecule has 0 aromatic carbocycles. The third-order valence-corrected chi connectivity index (χ3v) is 2.09. The molecule has 0 saturated carbocycles. The fraction of sp³-hybridized carbons (Fsp3) is 0.667. The first-order valence-electron chi connectivity index (χ1n) is 5.60. The fourth-order valence-electron chi connectivity index (χ4n) is 1.31. The molecule has 92 valence electrons. The van der Waals surface area contributed by atoms with E-state index in [1.54, 1.807) is 11.0 Å². The number of nitrogens with zero attached hydrogens (tertiary/aromatic N) is 1. The van der Waals surface area contributed by atoms with E-state index in [-0.39, 0.29) is 11.8 Å². The van der Waals surface area contributed by atoms with Gasteiger partial charge in [0.05, 0.1) is 0 Å². The Morgan fingerprint density at radius 3 is 2.50 bits per heavy atom. The smallest absolute Gasteiger partial charge is 0.220 e. The molecule has 0 unspecified atom stereocenters. The average molecular weight is 226 g/mol. The zero-order valence-corrected chi connectivity index (χ0v) is 10.5. The quantitative estimate of drug-likeness (QED) is 0.663. The highest BCUT2D eigenvalue weighted by Crippen LogP contribution is 1.97. The Morgan fingerprint density at radius 2 is 2.06 bits per heavy atom. The lowest BCUT2D eigenvalue weighted by Crippen LogP contribution is -2.37. The van der Waals surface area contributed by atoms with Gasteiger partial charge in [-0.05, 0) is 5.92 Å². The summed E-state index contributed by atoms with van der Waals surface area (Å²) in [5, 5.41) is 2.79. The molecule has 0 aliphatic rings. The first-order valence-corrected chi connectivity index (χ1v) is 5.60. The molecule has 0 fully saturated rings. The van der Waals surface area contributed by atoms with Gasteiger partial charge in [-0.15, -0.1) is 6.58 Å². The van der Waals surface area contributed by atoms with Crippen molar-refractivity contribution in [2.24, 2.45) is 5.92 Å². The van der Waals surface area contributed by atoms with Gasteiger partial charge < -0.3 is 10.2 Å². The van der Waals surface area contributed by atoms with Crippen LogP contribution < -0.4 is 5.32 Å². The van der Waals surface area contributed by atoms with Gasteiger partial charge in [-0.2, -0.15) is 0 Å². The number of nitrogens with one attached hydrogen (secondary N) is 1. The van der Waals surface area contributed by atoms with Crippen LogP contribution in [0.15, 0.2) is 12.7 Å². The Labute approximate surface area is 97.7 Å². The Balaban J connectivity index is 3.81. The number of hydrogen-bond donors (Lipinski definition) is 1. The number of hydrogen-bond acceptors (Lipinski definition) is 2. The van der Waals surface area contributed by atoms with E-state index in [9.17, 15) is 9.59 Å². The average Bonchev–Trinajstić information content (AvgIpc) is 2.15. The molecule has 0 aromatic heterocycles. The molecule has 0 bridgehead atoms. The van der Waals surface area contributed by atoms with Crippen molar-refractivity contribution in [2.45, 2.75) is 27.2 Å². The van der Waals surface area contributed by atoms with Gasteiger partial charge >= 0.3 is 0 Å². The highest BCUT2D eigenvalue weighted by atomic mass is 16.2. The van der Waals surface area contributed by atoms with E-state index in [0.717, 1.165) is 0 Å². The highest BCUT2D eigenvalue weighted by Gasteiger charge is 2.07. The summed E-state index contributed by atoms with van der Waals surface area (Å²) in [6.45, 7) is 10.7. The van der Waals surface area contributed by atoms with E-state index >= 15 is 0 Å². The predicted octanol–water partition coefficient (Wildman–Crippen LogP) is 1.18. The number of amides is 2. The normalized spacial score (nSPS) is 10.0. The predicted molar refractivity (Wildman–Crippen MR) is 64.9 cm³/mol. The van der Waals surface area contributed by atoms with Crippen LogP contribution in [0, 0.1) is 5.92 Å². The summed E-state index contributed by atoms with van der Waals surface area (Å²) in [5.74, 6) is 0.396. The molecule has 0 radical (unpaired) electrons. The first-order chi connectivity index (χ1) is 7.47. The van der Waals surface area contributed by atoms with Crippen molar-refractivity contribution in [2.75, 3.05) is 19.6 Å². The first kappa shape index (κ1) is 14.7. The molecule has 16 heavy (non-hydrogen) atoms. The van der Waals surface area contributed by atoms with E-state index in [4.69, 9.17) is 0 Å². The minimum absolute atomic E-state index is 0.00184. The zero-order valence-electron chi connectivity index (χ0n) is 10.5. The van der Waals surface area contributed by atoms with Crippen LogP contribution in [0.2, 0.25) is 0 Å². The molecule has 4 heteroatoms. The topological polar surface area (TPSA) is 49.4 Å². The summed E-state index contributed by atoms with van der Waals surface area (Å²) in [4.78, 5) is 24.1. The van der Waals surface area contributed by atoms with E-state index in [0.29, 0.717) is 32.0 Å². The van der Waals surface area contributed by atoms with Crippen LogP contribution in [0.4, 0.5) is 0 Å². The van der Waals surface area contributed by atoms with Crippen molar-refractivity contribution in [3.05, 3.63) is 12.7 Å². The molecule has 0 aromatic rings. The molecule has 0 saturated heterocycles. The van der Waals surface area contributed by atoms with Crippen LogP contribution in [0.25, 0.3) is 0 Å². The van der Waals surface area contributed by atoms with Gasteiger partial charge in [-0.3, -0.25) is 9.59 Å². The third kappa shape index (κ3) is 7.04. The number of rotatable bonds is 7. The summed E-state index contributed by atoms with van der Waals surface area (Å²) >= 11 is 0. The maximum atomic E-state index is 11.3. The van der Waals surface area contributed by atoms with Gasteiger partial charge in [0.15, 0.2) is 0 Å². The molecule has 0 rings (SSSR count). The highest BCUT2D eigenvalue weighted by molar-refractivity contribution is 5.76. The summed E-state index contributed by atoms with van der Waals surface area (Å²) in [6, 6.07) is 0. The molecule has 0 atom stereocenters. The van der Waals surface area contributed by atoms with Crippen LogP contribution in [-0.2, 0) is 9.59 Å². The second-order valence-corrected chi connectivity index (χ2v) is 4.20. The maximum Gasteiger partial charge on any atom is 0.220 e. The molecular weight excluding hydrogens is 204 g/mol. The van der Waals surface area contributed by atoms with E-state index in [1.165, 1.54) is 6.92 Å². The number of carbonyl (C=O) groups is 2. The molecule has 4 nitrogen and oxygen atoms in total. The monoisotopic (exact) mass is 226 g/mol. The van der Waals surface area contributed by atoms with Crippen molar-refractivity contribution in [3.63, 3.8) is 0 Å². The van der Waals surface area contributed by atoms with Crippen molar-refractivity contribution in [1.29, 1.82) is 0 Å². The minimum atomic E-state index is -0.00184. The molecular formula is C12H22N2O2. The largest absolute Gasteiger partial charge is 0.354 e. The van der Waals surface area contributed by atoms with Crippen molar-refractivity contribution >= 4 is 11.8 Å². The summed E-state index contributed by atoms with van der Waals surface area (Å²) < 4.78 is 0. The minimum Gasteiger partial charge on any atom is -0.354 e. The van der Waals surface area contributed by atoms with Gasteiger partial charge in [0, 0.05) is 33.0 Å². The van der Waals surface area contributed by atoms with E-state index in [1.807, 2.05) is 13.8 Å². The zero-order chi connectivity index (χ0) is 12.6. The van der Waals surface area contributed by atoms with Crippen LogP contribution in [-0.4, -0.2) is 36.3 Å². The van der Waals surface area contributed by atoms with Crippen molar-refractivity contribution < 1.29 is 9.59 Å². The Hall–Kier alpha value is -1.32. The molecule has 0 aliphatic carbocycles. The van der Waals surface area contributed by atoms with Gasteiger partial charge in [0.2, 0.25) is 11.8 Å². The second kappa shape index (κ2) is 7.91. The third-order valence-electron chi connectivity index (χ3n) is 2.09. The number of carbonyl (C=O) groups excluding carboxylic acids is 2. The van der Waals surface area contributed by atoms with Gasteiger partial charge in [0.25, 0.3) is 0 Å². The molecule has 0 heterocycles. The molecule has 1 N–H and O–H groups in total. The standard InChI is InChI=1S/C12H22N2O2/c1-5-7-14(11(4)15)8-6-13-12(16)9-10(2)3/h5,10H,1,6-9H2,2-4H3,(H,13,16). The van der Waals surface area contributed by atoms with Gasteiger partial charge in [-0.25, -0.2) is 0 Å². The van der Waals surface area contributed by atoms with Crippen LogP contribution >= 0.6 is 0 Å². The lowest BCUT2D eigenvalue weighted by molar-refractivity contribution is -0.129. The molecule has 2 amide bonds. The SMILES string of the molecule is C=CCN(CCNC(=O)CC(C)C)C(C)=O. The maximum absolute atomic E-state index is 11.3. The molecule has 0 aliphatic heterocycles. The Kier molecular flexibility index (Phi) is 7.25. The van der Waals surface area contributed by atoms with E-state index < -0.39 is 0 Å². The summed E-state index contributed by atoms with van der Waals surface area (Å²) in [6.07, 6.45) is 2.21. The van der Waals surface area contributed by atoms with Crippen LogP contribution in [0.1, 0.15) is 27.2 Å². The summed E-state index contributed by atoms with van der Waals surface area (Å²) in [5.41, 5.74) is 0. The molecule has 0 spiro atoms. The lowest BCUT2D eigenvalue weighted by Gasteiger charge is -2.19. The van der Waals surface area contributed by atoms with Crippen LogP contribution in [0.5, 0.6) is 0 Å². The van der Waals surface area contributed by atoms with Crippen molar-refractivity contribution in [1.82, 2.24) is 10.2 Å². The lowest BCUT2D eigenvalue weighted by atomic mass is 10.1. The Morgan fingerprint density at radius 1 is 1.44 bits per heavy atom. The van der Waals surface area contributed by atoms with Crippen molar-refractivity contribution in [3.8, 4) is 0 Å². The van der Waals surface area contributed by atoms with Gasteiger partial charge in [0.1, 0.15) is 0 Å². The Bertz CT molecular complexity index is 249. The van der Waals surface area contributed by atoms with E-state index in [2.05, 4.69) is 11.9 Å². The summed E-state index contributed by atoms with van der Waals surface area (Å²) in [7, 11) is 0. The second-order valence-electron chi connectivity index (χ2n) is 4.20. The van der Waals surface area contributed by atoms with Gasteiger partial charge in [-0.1, -0.05) is 19.9 Å². The van der Waals surface area contributed by atoms with Crippen LogP contribution in [0.3, 0.4) is 0 Å².